The normalized spacial score (nSPS) is 22.0. The number of hydrogen-bond donors (Lipinski definition) is 1. The molecule has 1 fully saturated rings. The van der Waals surface area contributed by atoms with E-state index in [1.807, 2.05) is 49.4 Å². The molecule has 2 aromatic carbocycles. The van der Waals surface area contributed by atoms with Crippen molar-refractivity contribution in [3.8, 4) is 11.5 Å². The van der Waals surface area contributed by atoms with Crippen LogP contribution in [0.5, 0.6) is 11.5 Å². The predicted molar refractivity (Wildman–Crippen MR) is 182 cm³/mol. The highest BCUT2D eigenvalue weighted by atomic mass is 16.6. The second-order valence-corrected chi connectivity index (χ2v) is 12.7. The molecule has 0 radical (unpaired) electrons. The molecule has 2 heterocycles. The van der Waals surface area contributed by atoms with Crippen LogP contribution in [0.4, 0.5) is 0 Å². The number of fused-ring (bicyclic) bond motifs is 1. The highest BCUT2D eigenvalue weighted by molar-refractivity contribution is 5.92. The maximum atomic E-state index is 14.2. The van der Waals surface area contributed by atoms with Crippen molar-refractivity contribution in [3.05, 3.63) is 71.4 Å². The number of amides is 2. The van der Waals surface area contributed by atoms with Crippen molar-refractivity contribution in [2.24, 2.45) is 11.3 Å². The van der Waals surface area contributed by atoms with E-state index in [0.717, 1.165) is 43.2 Å². The van der Waals surface area contributed by atoms with Crippen LogP contribution in [0.1, 0.15) is 76.3 Å². The third-order valence-electron chi connectivity index (χ3n) is 9.40. The van der Waals surface area contributed by atoms with Gasteiger partial charge in [0.25, 0.3) is 0 Å². The van der Waals surface area contributed by atoms with Gasteiger partial charge in [0.1, 0.15) is 11.5 Å². The number of nitrogens with one attached hydrogen (secondary N) is 1. The van der Waals surface area contributed by atoms with Crippen molar-refractivity contribution in [2.45, 2.75) is 90.6 Å². The van der Waals surface area contributed by atoms with Crippen LogP contribution in [0.3, 0.4) is 0 Å². The standard InChI is InChI=1S/C38H52N2O8/c1-6-7-8-9-10-14-19-40-34-22-31(26-47-25-28-15-12-11-13-16-28)48-27(2)38(34,37(43)46-5)23-30(36(40)42)21-35(41)39-24-29-17-18-32(44-3)33(20-29)45-4/h11-13,15-18,20,22,27,30-31H,6-10,14,19,21,23-26H2,1-5H3,(H,39,41)/t27-,30-,31-,38+/m0/s1. The first-order valence-corrected chi connectivity index (χ1v) is 17.1. The highest BCUT2D eigenvalue weighted by Crippen LogP contribution is 2.50. The van der Waals surface area contributed by atoms with Gasteiger partial charge in [-0.3, -0.25) is 14.4 Å². The van der Waals surface area contributed by atoms with Gasteiger partial charge < -0.3 is 33.9 Å². The first-order valence-electron chi connectivity index (χ1n) is 17.1. The molecule has 2 aliphatic heterocycles. The minimum atomic E-state index is -1.24. The Labute approximate surface area is 285 Å². The predicted octanol–water partition coefficient (Wildman–Crippen LogP) is 5.97. The van der Waals surface area contributed by atoms with E-state index in [0.29, 0.717) is 30.3 Å². The molecule has 48 heavy (non-hydrogen) atoms. The van der Waals surface area contributed by atoms with Gasteiger partial charge in [-0.15, -0.1) is 0 Å². The number of ether oxygens (including phenoxy) is 5. The molecule has 0 saturated carbocycles. The molecule has 2 aliphatic rings. The molecule has 0 bridgehead atoms. The highest BCUT2D eigenvalue weighted by Gasteiger charge is 2.59. The lowest BCUT2D eigenvalue weighted by molar-refractivity contribution is -0.178. The zero-order valence-corrected chi connectivity index (χ0v) is 29.1. The van der Waals surface area contributed by atoms with E-state index >= 15 is 0 Å². The zero-order chi connectivity index (χ0) is 34.5. The number of unbranched alkanes of at least 4 members (excludes halogenated alkanes) is 5. The van der Waals surface area contributed by atoms with Crippen molar-refractivity contribution in [1.29, 1.82) is 0 Å². The number of benzene rings is 2. The van der Waals surface area contributed by atoms with Gasteiger partial charge >= 0.3 is 5.97 Å². The molecule has 262 valence electrons. The number of likely N-dealkylation sites (tertiary alicyclic amines) is 1. The number of carbonyl (C=O) groups excluding carboxylic acids is 3. The molecule has 4 rings (SSSR count). The number of methoxy groups -OCH3 is 3. The molecule has 0 aromatic heterocycles. The monoisotopic (exact) mass is 664 g/mol. The summed E-state index contributed by atoms with van der Waals surface area (Å²) in [5.41, 5.74) is 1.23. The van der Waals surface area contributed by atoms with Crippen molar-refractivity contribution in [1.82, 2.24) is 10.2 Å². The molecule has 4 atom stereocenters. The van der Waals surface area contributed by atoms with Gasteiger partial charge in [-0.25, -0.2) is 0 Å². The number of carbonyl (C=O) groups is 3. The maximum absolute atomic E-state index is 14.2. The SMILES string of the molecule is CCCCCCCCN1C(=O)[C@@H](CC(=O)NCc2ccc(OC)c(OC)c2)C[C@]2(C(=O)OC)C1=C[C@@H](COCc1ccccc1)O[C@H]2C. The van der Waals surface area contributed by atoms with Crippen molar-refractivity contribution in [2.75, 3.05) is 34.5 Å². The fourth-order valence-corrected chi connectivity index (χ4v) is 6.79. The van der Waals surface area contributed by atoms with Crippen LogP contribution in [0.15, 0.2) is 60.3 Å². The lowest BCUT2D eigenvalue weighted by Crippen LogP contribution is -2.60. The van der Waals surface area contributed by atoms with Crippen molar-refractivity contribution >= 4 is 17.8 Å². The van der Waals surface area contributed by atoms with Crippen LogP contribution in [-0.2, 0) is 41.7 Å². The molecular weight excluding hydrogens is 612 g/mol. The van der Waals surface area contributed by atoms with Gasteiger partial charge in [0.05, 0.1) is 40.6 Å². The summed E-state index contributed by atoms with van der Waals surface area (Å²) < 4.78 is 28.5. The van der Waals surface area contributed by atoms with Gasteiger partial charge in [0.2, 0.25) is 11.8 Å². The van der Waals surface area contributed by atoms with Crippen LogP contribution in [0, 0.1) is 11.3 Å². The molecule has 0 aliphatic carbocycles. The average molecular weight is 665 g/mol. The number of esters is 1. The summed E-state index contributed by atoms with van der Waals surface area (Å²) >= 11 is 0. The Bertz CT molecular complexity index is 1400. The number of nitrogens with zero attached hydrogens (tertiary/aromatic N) is 1. The second kappa shape index (κ2) is 18.0. The maximum Gasteiger partial charge on any atom is 0.320 e. The second-order valence-electron chi connectivity index (χ2n) is 12.7. The van der Waals surface area contributed by atoms with Crippen molar-refractivity contribution < 1.29 is 38.1 Å². The summed E-state index contributed by atoms with van der Waals surface area (Å²) in [6.07, 6.45) is 7.14. The third kappa shape index (κ3) is 8.96. The first kappa shape index (κ1) is 36.9. The Morgan fingerprint density at radius 3 is 2.40 bits per heavy atom. The Morgan fingerprint density at radius 1 is 0.958 bits per heavy atom. The molecular formula is C38H52N2O8. The van der Waals surface area contributed by atoms with E-state index in [1.165, 1.54) is 13.5 Å². The summed E-state index contributed by atoms with van der Waals surface area (Å²) in [5, 5.41) is 2.94. The fraction of sp³-hybridized carbons (Fsp3) is 0.553. The number of piperidine rings is 1. The van der Waals surface area contributed by atoms with Gasteiger partial charge in [0, 0.05) is 31.1 Å². The van der Waals surface area contributed by atoms with Crippen LogP contribution in [0.25, 0.3) is 0 Å². The average Bonchev–Trinajstić information content (AvgIpc) is 3.10. The topological polar surface area (TPSA) is 113 Å². The van der Waals surface area contributed by atoms with Crippen LogP contribution >= 0.6 is 0 Å². The molecule has 0 unspecified atom stereocenters. The van der Waals surface area contributed by atoms with Crippen LogP contribution in [0.2, 0.25) is 0 Å². The first-order chi connectivity index (χ1) is 23.3. The molecule has 1 saturated heterocycles. The van der Waals surface area contributed by atoms with E-state index in [-0.39, 0.29) is 37.8 Å². The zero-order valence-electron chi connectivity index (χ0n) is 29.1. The van der Waals surface area contributed by atoms with Gasteiger partial charge in [-0.2, -0.15) is 0 Å². The molecule has 2 aromatic rings. The lowest BCUT2D eigenvalue weighted by Gasteiger charge is -2.51. The van der Waals surface area contributed by atoms with Gasteiger partial charge in [-0.05, 0) is 49.1 Å². The largest absolute Gasteiger partial charge is 0.493 e. The van der Waals surface area contributed by atoms with E-state index in [2.05, 4.69) is 12.2 Å². The summed E-state index contributed by atoms with van der Waals surface area (Å²) in [4.78, 5) is 43.0. The number of rotatable bonds is 18. The van der Waals surface area contributed by atoms with Crippen LogP contribution < -0.4 is 14.8 Å². The van der Waals surface area contributed by atoms with E-state index in [4.69, 9.17) is 23.7 Å². The Kier molecular flexibility index (Phi) is 13.9. The summed E-state index contributed by atoms with van der Waals surface area (Å²) in [6, 6.07) is 15.3. The van der Waals surface area contributed by atoms with Gasteiger partial charge in [0.15, 0.2) is 11.5 Å². The molecule has 0 spiro atoms. The third-order valence-corrected chi connectivity index (χ3v) is 9.40. The van der Waals surface area contributed by atoms with Gasteiger partial charge in [-0.1, -0.05) is 75.4 Å². The smallest absolute Gasteiger partial charge is 0.320 e. The number of hydrogen-bond acceptors (Lipinski definition) is 8. The van der Waals surface area contributed by atoms with Crippen LogP contribution in [-0.4, -0.2) is 69.4 Å². The lowest BCUT2D eigenvalue weighted by atomic mass is 9.66. The van der Waals surface area contributed by atoms with E-state index < -0.39 is 29.5 Å². The Morgan fingerprint density at radius 2 is 1.69 bits per heavy atom. The minimum Gasteiger partial charge on any atom is -0.493 e. The summed E-state index contributed by atoms with van der Waals surface area (Å²) in [5.74, 6) is -0.492. The van der Waals surface area contributed by atoms with Crippen molar-refractivity contribution in [3.63, 3.8) is 0 Å². The summed E-state index contributed by atoms with van der Waals surface area (Å²) in [6.45, 7) is 5.41. The Hall–Kier alpha value is -3.89. The Balaban J connectivity index is 1.54. The summed E-state index contributed by atoms with van der Waals surface area (Å²) in [7, 11) is 4.48. The quantitative estimate of drug-likeness (QED) is 0.153. The minimum absolute atomic E-state index is 0.0680. The molecule has 2 amide bonds. The molecule has 1 N–H and O–H groups in total. The molecule has 10 nitrogen and oxygen atoms in total. The van der Waals surface area contributed by atoms with E-state index in [9.17, 15) is 14.4 Å². The molecule has 10 heteroatoms. The van der Waals surface area contributed by atoms with E-state index in [1.54, 1.807) is 31.3 Å². The fourth-order valence-electron chi connectivity index (χ4n) is 6.79.